The number of methoxy groups -OCH3 is 1. The fraction of sp³-hybridized carbons (Fsp3) is 0.278. The van der Waals surface area contributed by atoms with Crippen LogP contribution >= 0.6 is 0 Å². The first-order valence-electron chi connectivity index (χ1n) is 7.73. The number of nitrogens with zero attached hydrogens (tertiary/aromatic N) is 2. The second-order valence-electron chi connectivity index (χ2n) is 5.51. The number of furan rings is 1. The highest BCUT2D eigenvalue weighted by molar-refractivity contribution is 5.72. The molecule has 130 valence electrons. The molecule has 0 saturated heterocycles. The van der Waals surface area contributed by atoms with Crippen molar-refractivity contribution in [2.45, 2.75) is 26.9 Å². The molecule has 0 atom stereocenters. The summed E-state index contributed by atoms with van der Waals surface area (Å²) in [5.74, 6) is 2.40. The van der Waals surface area contributed by atoms with Crippen LogP contribution in [0.1, 0.15) is 23.0 Å². The molecule has 7 nitrogen and oxygen atoms in total. The van der Waals surface area contributed by atoms with Crippen molar-refractivity contribution < 1.29 is 23.1 Å². The predicted octanol–water partition coefficient (Wildman–Crippen LogP) is 3.24. The molecule has 2 aromatic heterocycles. The first-order valence-corrected chi connectivity index (χ1v) is 7.73. The lowest BCUT2D eigenvalue weighted by Crippen LogP contribution is -2.08. The van der Waals surface area contributed by atoms with Crippen molar-refractivity contribution in [3.63, 3.8) is 0 Å². The summed E-state index contributed by atoms with van der Waals surface area (Å²) in [6.07, 6.45) is 0.158. The number of aryl methyl sites for hydroxylation is 2. The van der Waals surface area contributed by atoms with Crippen LogP contribution in [0.4, 0.5) is 0 Å². The zero-order chi connectivity index (χ0) is 17.8. The van der Waals surface area contributed by atoms with Gasteiger partial charge in [-0.05, 0) is 37.6 Å². The van der Waals surface area contributed by atoms with Crippen LogP contribution < -0.4 is 4.74 Å². The Balaban J connectivity index is 1.56. The van der Waals surface area contributed by atoms with Gasteiger partial charge in [0.1, 0.15) is 17.3 Å². The summed E-state index contributed by atoms with van der Waals surface area (Å²) >= 11 is 0. The molecule has 0 fully saturated rings. The highest BCUT2D eigenvalue weighted by Crippen LogP contribution is 2.25. The summed E-state index contributed by atoms with van der Waals surface area (Å²) in [4.78, 5) is 11.9. The minimum atomic E-state index is -0.375. The molecular weight excluding hydrogens is 324 g/mol. The number of aromatic nitrogens is 2. The Morgan fingerprint density at radius 1 is 1.12 bits per heavy atom. The smallest absolute Gasteiger partial charge is 0.310 e. The normalized spacial score (nSPS) is 10.7. The first-order chi connectivity index (χ1) is 12.0. The van der Waals surface area contributed by atoms with Gasteiger partial charge in [-0.25, -0.2) is 0 Å². The molecule has 0 amide bonds. The topological polar surface area (TPSA) is 87.6 Å². The number of benzene rings is 1. The molecule has 0 bridgehead atoms. The zero-order valence-corrected chi connectivity index (χ0v) is 14.2. The standard InChI is InChI=1S/C18H18N2O5/c1-11-8-15(12(2)24-11)18-20-19-16(25-18)10-23-17(21)9-13-4-6-14(22-3)7-5-13/h4-8H,9-10H2,1-3H3. The van der Waals surface area contributed by atoms with E-state index in [-0.39, 0.29) is 24.9 Å². The lowest BCUT2D eigenvalue weighted by Gasteiger charge is -2.04. The lowest BCUT2D eigenvalue weighted by molar-refractivity contribution is -0.144. The van der Waals surface area contributed by atoms with Crippen molar-refractivity contribution in [1.29, 1.82) is 0 Å². The maximum Gasteiger partial charge on any atom is 0.310 e. The van der Waals surface area contributed by atoms with Crippen LogP contribution in [-0.4, -0.2) is 23.3 Å². The van der Waals surface area contributed by atoms with E-state index in [9.17, 15) is 4.79 Å². The summed E-state index contributed by atoms with van der Waals surface area (Å²) < 4.78 is 21.2. The minimum absolute atomic E-state index is 0.0716. The Kier molecular flexibility index (Phi) is 4.83. The maximum absolute atomic E-state index is 11.9. The molecule has 0 spiro atoms. The fourth-order valence-corrected chi connectivity index (χ4v) is 2.37. The van der Waals surface area contributed by atoms with Crippen LogP contribution in [0.5, 0.6) is 5.75 Å². The summed E-state index contributed by atoms with van der Waals surface area (Å²) in [7, 11) is 1.59. The van der Waals surface area contributed by atoms with Crippen molar-refractivity contribution in [3.05, 3.63) is 53.3 Å². The molecule has 0 radical (unpaired) electrons. The van der Waals surface area contributed by atoms with Gasteiger partial charge < -0.3 is 18.3 Å². The van der Waals surface area contributed by atoms with Crippen molar-refractivity contribution in [1.82, 2.24) is 10.2 Å². The molecular formula is C18H18N2O5. The second-order valence-corrected chi connectivity index (χ2v) is 5.51. The molecule has 3 aromatic rings. The van der Waals surface area contributed by atoms with E-state index < -0.39 is 0 Å². The Bertz CT molecular complexity index is 864. The van der Waals surface area contributed by atoms with Crippen LogP contribution in [0.25, 0.3) is 11.5 Å². The van der Waals surface area contributed by atoms with Crippen molar-refractivity contribution in [2.75, 3.05) is 7.11 Å². The van der Waals surface area contributed by atoms with Gasteiger partial charge in [0.25, 0.3) is 11.8 Å². The van der Waals surface area contributed by atoms with E-state index >= 15 is 0 Å². The van der Waals surface area contributed by atoms with Gasteiger partial charge in [-0.3, -0.25) is 4.79 Å². The Labute approximate surface area is 144 Å². The van der Waals surface area contributed by atoms with Gasteiger partial charge in [0.05, 0.1) is 19.1 Å². The Morgan fingerprint density at radius 3 is 2.52 bits per heavy atom. The molecule has 0 unspecified atom stereocenters. The second kappa shape index (κ2) is 7.21. The van der Waals surface area contributed by atoms with Crippen molar-refractivity contribution in [3.8, 4) is 17.2 Å². The SMILES string of the molecule is COc1ccc(CC(=O)OCc2nnc(-c3cc(C)oc3C)o2)cc1. The Hall–Kier alpha value is -3.09. The summed E-state index contributed by atoms with van der Waals surface area (Å²) in [5.41, 5.74) is 1.57. The van der Waals surface area contributed by atoms with E-state index in [1.165, 1.54) is 0 Å². The maximum atomic E-state index is 11.9. The lowest BCUT2D eigenvalue weighted by atomic mass is 10.1. The number of rotatable bonds is 6. The highest BCUT2D eigenvalue weighted by Gasteiger charge is 2.15. The third-order valence-corrected chi connectivity index (χ3v) is 3.60. The fourth-order valence-electron chi connectivity index (χ4n) is 2.37. The van der Waals surface area contributed by atoms with Gasteiger partial charge in [0, 0.05) is 0 Å². The van der Waals surface area contributed by atoms with Gasteiger partial charge in [0.2, 0.25) is 0 Å². The number of hydrogen-bond acceptors (Lipinski definition) is 7. The molecule has 0 saturated carbocycles. The van der Waals surface area contributed by atoms with Crippen LogP contribution in [0.2, 0.25) is 0 Å². The number of carbonyl (C=O) groups excluding carboxylic acids is 1. The van der Waals surface area contributed by atoms with Crippen LogP contribution in [0.15, 0.2) is 39.2 Å². The van der Waals surface area contributed by atoms with Crippen LogP contribution in [0, 0.1) is 13.8 Å². The number of carbonyl (C=O) groups is 1. The van der Waals surface area contributed by atoms with Gasteiger partial charge in [0.15, 0.2) is 6.61 Å². The Morgan fingerprint density at radius 2 is 1.88 bits per heavy atom. The number of hydrogen-bond donors (Lipinski definition) is 0. The molecule has 0 aliphatic carbocycles. The van der Waals surface area contributed by atoms with Crippen molar-refractivity contribution in [2.24, 2.45) is 0 Å². The third kappa shape index (κ3) is 4.06. The minimum Gasteiger partial charge on any atom is -0.497 e. The molecule has 7 heteroatoms. The summed E-state index contributed by atoms with van der Waals surface area (Å²) in [5, 5.41) is 7.85. The largest absolute Gasteiger partial charge is 0.497 e. The average Bonchev–Trinajstić information content (AvgIpc) is 3.19. The zero-order valence-electron chi connectivity index (χ0n) is 14.2. The van der Waals surface area contributed by atoms with E-state index in [1.807, 2.05) is 32.0 Å². The monoisotopic (exact) mass is 342 g/mol. The van der Waals surface area contributed by atoms with E-state index in [0.29, 0.717) is 11.7 Å². The molecule has 0 N–H and O–H groups in total. The van der Waals surface area contributed by atoms with Gasteiger partial charge in [-0.2, -0.15) is 0 Å². The van der Waals surface area contributed by atoms with Crippen LogP contribution in [-0.2, 0) is 22.6 Å². The number of esters is 1. The van der Waals surface area contributed by atoms with Crippen LogP contribution in [0.3, 0.4) is 0 Å². The van der Waals surface area contributed by atoms with Gasteiger partial charge >= 0.3 is 5.97 Å². The van der Waals surface area contributed by atoms with Gasteiger partial charge in [-0.15, -0.1) is 10.2 Å². The van der Waals surface area contributed by atoms with Crippen molar-refractivity contribution >= 4 is 5.97 Å². The molecule has 0 aliphatic rings. The van der Waals surface area contributed by atoms with E-state index in [1.54, 1.807) is 19.2 Å². The number of ether oxygens (including phenoxy) is 2. The van der Waals surface area contributed by atoms with E-state index in [2.05, 4.69) is 10.2 Å². The van der Waals surface area contributed by atoms with E-state index in [4.69, 9.17) is 18.3 Å². The van der Waals surface area contributed by atoms with Gasteiger partial charge in [-0.1, -0.05) is 12.1 Å². The molecule has 3 rings (SSSR count). The molecule has 25 heavy (non-hydrogen) atoms. The van der Waals surface area contributed by atoms with E-state index in [0.717, 1.165) is 22.6 Å². The predicted molar refractivity (Wildman–Crippen MR) is 88.0 cm³/mol. The summed E-state index contributed by atoms with van der Waals surface area (Å²) in [6, 6.07) is 9.04. The quantitative estimate of drug-likeness (QED) is 0.635. The third-order valence-electron chi connectivity index (χ3n) is 3.60. The summed E-state index contributed by atoms with van der Waals surface area (Å²) in [6.45, 7) is 3.59. The first kappa shape index (κ1) is 16.8. The highest BCUT2D eigenvalue weighted by atomic mass is 16.5. The molecule has 2 heterocycles. The molecule has 0 aliphatic heterocycles. The molecule has 1 aromatic carbocycles. The average molecular weight is 342 g/mol.